The molecule has 2 bridgehead atoms. The highest BCUT2D eigenvalue weighted by Gasteiger charge is 2.65. The number of hydrogen-bond donors (Lipinski definition) is 0. The van der Waals surface area contributed by atoms with E-state index in [1.165, 1.54) is 0 Å². The summed E-state index contributed by atoms with van der Waals surface area (Å²) in [6, 6.07) is 37.4. The van der Waals surface area contributed by atoms with Gasteiger partial charge in [-0.15, -0.1) is 0 Å². The lowest BCUT2D eigenvalue weighted by Gasteiger charge is -2.41. The minimum absolute atomic E-state index is 0.0631. The van der Waals surface area contributed by atoms with Crippen molar-refractivity contribution in [1.29, 1.82) is 0 Å². The molecule has 2 aliphatic carbocycles. The SMILES string of the molecule is CC1(C)C2CCC1(CS(=O)(=O)OS(c1ccccc1)(c1ccccc1)c1ccc(-c3ccccc3)cc1)C(=O)C2. The van der Waals surface area contributed by atoms with Gasteiger partial charge in [-0.05, 0) is 82.0 Å². The van der Waals surface area contributed by atoms with Gasteiger partial charge in [-0.25, -0.2) is 3.63 Å². The molecule has 0 amide bonds. The van der Waals surface area contributed by atoms with Crippen LogP contribution in [0.5, 0.6) is 0 Å². The Labute approximate surface area is 239 Å². The number of ketones is 1. The standard InChI is InChI=1S/C34H34O4S2/c1-33(2)28-22-23-34(33,32(35)24-28)25-39(36,37)38-40(29-14-8-4-9-15-29,30-16-10-5-11-17-30)31-20-18-27(19-21-31)26-12-6-3-7-13-26/h3-21,28H,22-25H2,1-2H3. The van der Waals surface area contributed by atoms with E-state index in [0.29, 0.717) is 12.8 Å². The van der Waals surface area contributed by atoms with Crippen LogP contribution in [0, 0.1) is 16.7 Å². The zero-order chi connectivity index (χ0) is 28.0. The van der Waals surface area contributed by atoms with Gasteiger partial charge >= 0.3 is 0 Å². The molecule has 2 aliphatic rings. The second kappa shape index (κ2) is 10.0. The fourth-order valence-electron chi connectivity index (χ4n) is 6.81. The van der Waals surface area contributed by atoms with Gasteiger partial charge in [0.15, 0.2) is 0 Å². The third-order valence-electron chi connectivity index (χ3n) is 9.21. The maximum Gasteiger partial charge on any atom is 0.278 e. The van der Waals surface area contributed by atoms with Crippen molar-refractivity contribution in [3.05, 3.63) is 115 Å². The minimum Gasteiger partial charge on any atom is -0.299 e. The van der Waals surface area contributed by atoms with Crippen molar-refractivity contribution >= 4 is 26.2 Å². The Morgan fingerprint density at radius 2 is 1.18 bits per heavy atom. The Kier molecular flexibility index (Phi) is 6.76. The van der Waals surface area contributed by atoms with Crippen molar-refractivity contribution in [2.75, 3.05) is 5.75 Å². The quantitative estimate of drug-likeness (QED) is 0.214. The highest BCUT2D eigenvalue weighted by molar-refractivity contribution is 8.33. The van der Waals surface area contributed by atoms with E-state index in [4.69, 9.17) is 3.63 Å². The molecule has 0 N–H and O–H groups in total. The average Bonchev–Trinajstić information content (AvgIpc) is 3.32. The lowest BCUT2D eigenvalue weighted by Crippen LogP contribution is -2.42. The molecule has 0 heterocycles. The summed E-state index contributed by atoms with van der Waals surface area (Å²) in [5, 5.41) is 0. The van der Waals surface area contributed by atoms with Crippen LogP contribution in [-0.2, 0) is 18.5 Å². The van der Waals surface area contributed by atoms with Crippen LogP contribution in [0.1, 0.15) is 33.1 Å². The van der Waals surface area contributed by atoms with Gasteiger partial charge < -0.3 is 0 Å². The first kappa shape index (κ1) is 27.0. The molecule has 0 radical (unpaired) electrons. The zero-order valence-electron chi connectivity index (χ0n) is 22.8. The lowest BCUT2D eigenvalue weighted by molar-refractivity contribution is -0.128. The normalized spacial score (nSPS) is 22.4. The highest BCUT2D eigenvalue weighted by atomic mass is 32.3. The average molecular weight is 571 g/mol. The molecule has 0 aromatic heterocycles. The molecular formula is C34H34O4S2. The molecular weight excluding hydrogens is 537 g/mol. The van der Waals surface area contributed by atoms with E-state index in [1.807, 2.05) is 103 Å². The number of fused-ring (bicyclic) bond motifs is 2. The van der Waals surface area contributed by atoms with Gasteiger partial charge in [0.2, 0.25) is 0 Å². The van der Waals surface area contributed by atoms with E-state index in [9.17, 15) is 13.2 Å². The molecule has 2 fully saturated rings. The van der Waals surface area contributed by atoms with E-state index >= 15 is 0 Å². The molecule has 4 nitrogen and oxygen atoms in total. The Morgan fingerprint density at radius 3 is 1.65 bits per heavy atom. The summed E-state index contributed by atoms with van der Waals surface area (Å²) in [6.45, 7) is 4.11. The smallest absolute Gasteiger partial charge is 0.278 e. The lowest BCUT2D eigenvalue weighted by atomic mass is 9.70. The van der Waals surface area contributed by atoms with E-state index in [-0.39, 0.29) is 22.9 Å². The molecule has 40 heavy (non-hydrogen) atoms. The molecule has 0 saturated heterocycles. The van der Waals surface area contributed by atoms with Gasteiger partial charge in [0.05, 0.1) is 11.2 Å². The summed E-state index contributed by atoms with van der Waals surface area (Å²) in [4.78, 5) is 15.6. The van der Waals surface area contributed by atoms with Gasteiger partial charge in [-0.3, -0.25) is 4.79 Å². The Hall–Kier alpha value is -3.19. The summed E-state index contributed by atoms with van der Waals surface area (Å²) in [5.41, 5.74) is 0.831. The van der Waals surface area contributed by atoms with Crippen molar-refractivity contribution in [1.82, 2.24) is 0 Å². The number of Topliss-reactive ketones (excluding diaryl/α,β-unsaturated/α-hetero) is 1. The monoisotopic (exact) mass is 570 g/mol. The molecule has 206 valence electrons. The molecule has 2 atom stereocenters. The van der Waals surface area contributed by atoms with Crippen LogP contribution in [0.4, 0.5) is 0 Å². The van der Waals surface area contributed by atoms with Crippen LogP contribution < -0.4 is 0 Å². The van der Waals surface area contributed by atoms with Gasteiger partial charge in [-0.1, -0.05) is 92.7 Å². The number of hydrogen-bond acceptors (Lipinski definition) is 4. The Balaban J connectivity index is 1.50. The third kappa shape index (κ3) is 4.33. The van der Waals surface area contributed by atoms with E-state index < -0.39 is 25.8 Å². The molecule has 2 saturated carbocycles. The van der Waals surface area contributed by atoms with Crippen LogP contribution >= 0.6 is 10.3 Å². The largest absolute Gasteiger partial charge is 0.299 e. The Bertz CT molecular complexity index is 1580. The van der Waals surface area contributed by atoms with Crippen molar-refractivity contribution in [2.24, 2.45) is 16.7 Å². The molecule has 0 spiro atoms. The molecule has 4 aromatic carbocycles. The van der Waals surface area contributed by atoms with Crippen LogP contribution in [0.15, 0.2) is 130 Å². The number of carbonyl (C=O) groups excluding carboxylic acids is 1. The summed E-state index contributed by atoms with van der Waals surface area (Å²) in [6.07, 6.45) is 1.93. The van der Waals surface area contributed by atoms with Crippen molar-refractivity contribution < 1.29 is 16.8 Å². The first-order valence-electron chi connectivity index (χ1n) is 13.7. The number of carbonyl (C=O) groups is 1. The van der Waals surface area contributed by atoms with Crippen molar-refractivity contribution in [3.63, 3.8) is 0 Å². The molecule has 0 aliphatic heterocycles. The summed E-state index contributed by atoms with van der Waals surface area (Å²) in [7, 11) is -6.87. The molecule has 2 unspecified atom stereocenters. The number of benzene rings is 4. The molecule has 4 aromatic rings. The van der Waals surface area contributed by atoms with Gasteiger partial charge in [0.25, 0.3) is 10.1 Å². The Morgan fingerprint density at radius 1 is 0.700 bits per heavy atom. The minimum atomic E-state index is -4.16. The second-order valence-corrected chi connectivity index (χ2v) is 16.0. The first-order chi connectivity index (χ1) is 19.2. The van der Waals surface area contributed by atoms with E-state index in [2.05, 4.69) is 26.0 Å². The van der Waals surface area contributed by atoms with Crippen LogP contribution in [0.2, 0.25) is 0 Å². The third-order valence-corrected chi connectivity index (χ3v) is 14.5. The maximum atomic E-state index is 14.3. The van der Waals surface area contributed by atoms with Crippen molar-refractivity contribution in [2.45, 2.75) is 47.8 Å². The fraction of sp³-hybridized carbons (Fsp3) is 0.265. The van der Waals surface area contributed by atoms with E-state index in [0.717, 1.165) is 32.2 Å². The summed E-state index contributed by atoms with van der Waals surface area (Å²) < 4.78 is 35.1. The van der Waals surface area contributed by atoms with Crippen LogP contribution in [0.3, 0.4) is 0 Å². The zero-order valence-corrected chi connectivity index (χ0v) is 24.5. The second-order valence-electron chi connectivity index (χ2n) is 11.5. The highest BCUT2D eigenvalue weighted by Crippen LogP contribution is 2.71. The topological polar surface area (TPSA) is 60.4 Å². The van der Waals surface area contributed by atoms with Gasteiger partial charge in [0.1, 0.15) is 5.78 Å². The summed E-state index contributed by atoms with van der Waals surface area (Å²) in [5.74, 6) is -0.00647. The van der Waals surface area contributed by atoms with Gasteiger partial charge in [0, 0.05) is 21.1 Å². The van der Waals surface area contributed by atoms with Crippen LogP contribution in [-0.4, -0.2) is 20.0 Å². The first-order valence-corrected chi connectivity index (χ1v) is 16.9. The fourth-order valence-corrected chi connectivity index (χ4v) is 12.9. The molecule has 6 rings (SSSR count). The van der Waals surface area contributed by atoms with E-state index in [1.54, 1.807) is 0 Å². The van der Waals surface area contributed by atoms with Crippen molar-refractivity contribution in [3.8, 4) is 11.1 Å². The number of rotatable bonds is 8. The van der Waals surface area contributed by atoms with Crippen LogP contribution in [0.25, 0.3) is 11.1 Å². The maximum absolute atomic E-state index is 14.3. The summed E-state index contributed by atoms with van der Waals surface area (Å²) >= 11 is 0. The van der Waals surface area contributed by atoms with Gasteiger partial charge in [-0.2, -0.15) is 8.42 Å². The predicted molar refractivity (Wildman–Crippen MR) is 161 cm³/mol. The predicted octanol–water partition coefficient (Wildman–Crippen LogP) is 8.29. The molecule has 6 heteroatoms.